The van der Waals surface area contributed by atoms with Gasteiger partial charge in [0.15, 0.2) is 0 Å². The van der Waals surface area contributed by atoms with E-state index in [-0.39, 0.29) is 6.04 Å². The van der Waals surface area contributed by atoms with Crippen molar-refractivity contribution in [2.24, 2.45) is 5.73 Å². The summed E-state index contributed by atoms with van der Waals surface area (Å²) in [5, 5.41) is 3.33. The molecule has 0 bridgehead atoms. The van der Waals surface area contributed by atoms with Crippen molar-refractivity contribution < 1.29 is 4.74 Å². The Balaban J connectivity index is 2.62. The average Bonchev–Trinajstić information content (AvgIpc) is 2.17. The molecule has 1 unspecified atom stereocenters. The molecule has 1 atom stereocenters. The second-order valence-electron chi connectivity index (χ2n) is 3.90. The van der Waals surface area contributed by atoms with Crippen LogP contribution in [0.25, 0.3) is 0 Å². The molecule has 1 aromatic carbocycles. The number of nitrogens with one attached hydrogen (secondary N) is 1. The quantitative estimate of drug-likeness (QED) is 0.779. The second-order valence-corrected chi connectivity index (χ2v) is 3.90. The van der Waals surface area contributed by atoms with Crippen molar-refractivity contribution in [3.05, 3.63) is 23.8 Å². The summed E-state index contributed by atoms with van der Waals surface area (Å²) in [7, 11) is 1.68. The highest BCUT2D eigenvalue weighted by molar-refractivity contribution is 5.57. The molecule has 3 heteroatoms. The highest BCUT2D eigenvalue weighted by atomic mass is 16.5. The van der Waals surface area contributed by atoms with Gasteiger partial charge in [-0.05, 0) is 38.0 Å². The molecule has 15 heavy (non-hydrogen) atoms. The summed E-state index contributed by atoms with van der Waals surface area (Å²) in [5.74, 6) is 0.880. The van der Waals surface area contributed by atoms with Gasteiger partial charge in [0.05, 0.1) is 12.8 Å². The van der Waals surface area contributed by atoms with E-state index in [1.165, 1.54) is 5.56 Å². The zero-order chi connectivity index (χ0) is 11.3. The van der Waals surface area contributed by atoms with Gasteiger partial charge in [-0.1, -0.05) is 6.07 Å². The maximum absolute atomic E-state index is 5.69. The van der Waals surface area contributed by atoms with Gasteiger partial charge in [-0.2, -0.15) is 0 Å². The molecule has 0 saturated carbocycles. The average molecular weight is 208 g/mol. The van der Waals surface area contributed by atoms with Crippen LogP contribution in [0.2, 0.25) is 0 Å². The fourth-order valence-corrected chi connectivity index (χ4v) is 1.39. The summed E-state index contributed by atoms with van der Waals surface area (Å²) in [6, 6.07) is 6.33. The number of ether oxygens (including phenoxy) is 1. The Morgan fingerprint density at radius 2 is 2.20 bits per heavy atom. The van der Waals surface area contributed by atoms with E-state index in [2.05, 4.69) is 18.3 Å². The van der Waals surface area contributed by atoms with Gasteiger partial charge in [-0.15, -0.1) is 0 Å². The summed E-state index contributed by atoms with van der Waals surface area (Å²) in [5.41, 5.74) is 7.95. The van der Waals surface area contributed by atoms with Crippen LogP contribution < -0.4 is 15.8 Å². The Kier molecular flexibility index (Phi) is 4.43. The van der Waals surface area contributed by atoms with Gasteiger partial charge in [0.1, 0.15) is 5.75 Å². The number of benzene rings is 1. The van der Waals surface area contributed by atoms with Crippen molar-refractivity contribution in [3.63, 3.8) is 0 Å². The minimum atomic E-state index is 0.230. The maximum Gasteiger partial charge on any atom is 0.141 e. The van der Waals surface area contributed by atoms with Crippen LogP contribution in [0.15, 0.2) is 18.2 Å². The number of anilines is 1. The fraction of sp³-hybridized carbons (Fsp3) is 0.500. The molecular formula is C12H20N2O. The van der Waals surface area contributed by atoms with Gasteiger partial charge in [0.2, 0.25) is 0 Å². The van der Waals surface area contributed by atoms with E-state index in [0.717, 1.165) is 24.4 Å². The number of hydrogen-bond donors (Lipinski definition) is 2. The molecule has 0 heterocycles. The van der Waals surface area contributed by atoms with E-state index in [1.807, 2.05) is 19.1 Å². The van der Waals surface area contributed by atoms with Crippen LogP contribution in [0.4, 0.5) is 5.69 Å². The minimum absolute atomic E-state index is 0.230. The SMILES string of the molecule is COc1ccc(C)cc1NCCC(C)N. The van der Waals surface area contributed by atoms with Crippen molar-refractivity contribution in [3.8, 4) is 5.75 Å². The Hall–Kier alpha value is -1.22. The molecule has 3 nitrogen and oxygen atoms in total. The third-order valence-electron chi connectivity index (χ3n) is 2.27. The summed E-state index contributed by atoms with van der Waals surface area (Å²) in [6.45, 7) is 4.95. The lowest BCUT2D eigenvalue weighted by Crippen LogP contribution is -2.19. The summed E-state index contributed by atoms with van der Waals surface area (Å²) in [4.78, 5) is 0. The van der Waals surface area contributed by atoms with E-state index in [0.29, 0.717) is 0 Å². The molecule has 0 spiro atoms. The third kappa shape index (κ3) is 3.80. The molecule has 0 radical (unpaired) electrons. The van der Waals surface area contributed by atoms with Crippen molar-refractivity contribution in [2.75, 3.05) is 19.0 Å². The molecular weight excluding hydrogens is 188 g/mol. The van der Waals surface area contributed by atoms with Gasteiger partial charge in [-0.25, -0.2) is 0 Å². The Labute approximate surface area is 91.6 Å². The highest BCUT2D eigenvalue weighted by Gasteiger charge is 2.02. The van der Waals surface area contributed by atoms with E-state index < -0.39 is 0 Å². The van der Waals surface area contributed by atoms with Crippen LogP contribution in [0.5, 0.6) is 5.75 Å². The van der Waals surface area contributed by atoms with Crippen LogP contribution in [0.1, 0.15) is 18.9 Å². The molecule has 0 fully saturated rings. The summed E-state index contributed by atoms with van der Waals surface area (Å²) < 4.78 is 5.26. The molecule has 0 aliphatic heterocycles. The second kappa shape index (κ2) is 5.61. The number of methoxy groups -OCH3 is 1. The minimum Gasteiger partial charge on any atom is -0.495 e. The van der Waals surface area contributed by atoms with Crippen molar-refractivity contribution in [1.82, 2.24) is 0 Å². The summed E-state index contributed by atoms with van der Waals surface area (Å²) in [6.07, 6.45) is 0.955. The maximum atomic E-state index is 5.69. The Bertz CT molecular complexity index is 310. The predicted octanol–water partition coefficient (Wildman–Crippen LogP) is 2.15. The van der Waals surface area contributed by atoms with Crippen LogP contribution in [-0.2, 0) is 0 Å². The molecule has 0 saturated heterocycles. The smallest absolute Gasteiger partial charge is 0.141 e. The van der Waals surface area contributed by atoms with Gasteiger partial charge >= 0.3 is 0 Å². The molecule has 84 valence electrons. The van der Waals surface area contributed by atoms with E-state index >= 15 is 0 Å². The fourth-order valence-electron chi connectivity index (χ4n) is 1.39. The zero-order valence-electron chi connectivity index (χ0n) is 9.71. The first-order chi connectivity index (χ1) is 7.13. The highest BCUT2D eigenvalue weighted by Crippen LogP contribution is 2.24. The largest absolute Gasteiger partial charge is 0.495 e. The van der Waals surface area contributed by atoms with Gasteiger partial charge in [0.25, 0.3) is 0 Å². The van der Waals surface area contributed by atoms with Gasteiger partial charge < -0.3 is 15.8 Å². The molecule has 1 rings (SSSR count). The van der Waals surface area contributed by atoms with Crippen molar-refractivity contribution in [1.29, 1.82) is 0 Å². The van der Waals surface area contributed by atoms with Crippen LogP contribution >= 0.6 is 0 Å². The van der Waals surface area contributed by atoms with E-state index in [9.17, 15) is 0 Å². The lowest BCUT2D eigenvalue weighted by molar-refractivity contribution is 0.416. The zero-order valence-corrected chi connectivity index (χ0v) is 9.71. The standard InChI is InChI=1S/C12H20N2O/c1-9-4-5-12(15-3)11(8-9)14-7-6-10(2)13/h4-5,8,10,14H,6-7,13H2,1-3H3. The lowest BCUT2D eigenvalue weighted by Gasteiger charge is -2.12. The van der Waals surface area contributed by atoms with Crippen molar-refractivity contribution >= 4 is 5.69 Å². The topological polar surface area (TPSA) is 47.3 Å². The molecule has 3 N–H and O–H groups in total. The van der Waals surface area contributed by atoms with Crippen molar-refractivity contribution in [2.45, 2.75) is 26.3 Å². The van der Waals surface area contributed by atoms with E-state index in [4.69, 9.17) is 10.5 Å². The number of hydrogen-bond acceptors (Lipinski definition) is 3. The van der Waals surface area contributed by atoms with Crippen LogP contribution in [0, 0.1) is 6.92 Å². The molecule has 0 aromatic heterocycles. The normalized spacial score (nSPS) is 12.3. The van der Waals surface area contributed by atoms with Gasteiger partial charge in [0, 0.05) is 12.6 Å². The van der Waals surface area contributed by atoms with E-state index in [1.54, 1.807) is 7.11 Å². The first-order valence-corrected chi connectivity index (χ1v) is 5.27. The first kappa shape index (κ1) is 11.9. The lowest BCUT2D eigenvalue weighted by atomic mass is 10.2. The predicted molar refractivity (Wildman–Crippen MR) is 64.5 cm³/mol. The van der Waals surface area contributed by atoms with Gasteiger partial charge in [-0.3, -0.25) is 0 Å². The third-order valence-corrected chi connectivity index (χ3v) is 2.27. The molecule has 0 aliphatic rings. The molecule has 0 aliphatic carbocycles. The number of aryl methyl sites for hydroxylation is 1. The monoisotopic (exact) mass is 208 g/mol. The molecule has 1 aromatic rings. The van der Waals surface area contributed by atoms with Crippen LogP contribution in [-0.4, -0.2) is 19.7 Å². The Morgan fingerprint density at radius 1 is 1.47 bits per heavy atom. The Morgan fingerprint density at radius 3 is 2.80 bits per heavy atom. The first-order valence-electron chi connectivity index (χ1n) is 5.27. The summed E-state index contributed by atoms with van der Waals surface area (Å²) >= 11 is 0. The van der Waals surface area contributed by atoms with Crippen LogP contribution in [0.3, 0.4) is 0 Å². The number of rotatable bonds is 5. The molecule has 0 amide bonds. The number of nitrogens with two attached hydrogens (primary N) is 1.